The van der Waals surface area contributed by atoms with Crippen LogP contribution in [0.15, 0.2) is 54.7 Å². The molecule has 0 spiro atoms. The number of amides is 1. The van der Waals surface area contributed by atoms with Crippen LogP contribution in [0.4, 0.5) is 0 Å². The van der Waals surface area contributed by atoms with Gasteiger partial charge in [-0.1, -0.05) is 36.4 Å². The van der Waals surface area contributed by atoms with Crippen LogP contribution in [0.5, 0.6) is 0 Å². The third-order valence-corrected chi connectivity index (χ3v) is 5.54. The van der Waals surface area contributed by atoms with E-state index in [9.17, 15) is 4.79 Å². The van der Waals surface area contributed by atoms with E-state index in [1.165, 1.54) is 0 Å². The summed E-state index contributed by atoms with van der Waals surface area (Å²) in [5.41, 5.74) is 3.31. The van der Waals surface area contributed by atoms with Gasteiger partial charge >= 0.3 is 0 Å². The van der Waals surface area contributed by atoms with Crippen molar-refractivity contribution in [3.8, 4) is 11.3 Å². The van der Waals surface area contributed by atoms with Crippen molar-refractivity contribution in [2.45, 2.75) is 6.42 Å². The van der Waals surface area contributed by atoms with Crippen LogP contribution < -0.4 is 0 Å². The molecule has 0 atom stereocenters. The fourth-order valence-corrected chi connectivity index (χ4v) is 3.90. The molecule has 29 heavy (non-hydrogen) atoms. The maximum Gasteiger partial charge on any atom is 0.258 e. The second-order valence-corrected chi connectivity index (χ2v) is 7.91. The maximum absolute atomic E-state index is 13.6. The van der Waals surface area contributed by atoms with E-state index < -0.39 is 0 Å². The number of likely N-dealkylation sites (N-methyl/N-ethyl adjacent to an activating group) is 1. The molecule has 0 aliphatic carbocycles. The predicted molar refractivity (Wildman–Crippen MR) is 116 cm³/mol. The van der Waals surface area contributed by atoms with Crippen LogP contribution in [-0.2, 0) is 0 Å². The van der Waals surface area contributed by atoms with Crippen LogP contribution in [0.1, 0.15) is 16.8 Å². The topological polar surface area (TPSA) is 44.1 Å². The van der Waals surface area contributed by atoms with Crippen molar-refractivity contribution in [2.75, 3.05) is 53.4 Å². The minimum atomic E-state index is 0.0829. The second kappa shape index (κ2) is 8.76. The molecule has 3 aromatic rings. The van der Waals surface area contributed by atoms with E-state index in [2.05, 4.69) is 23.9 Å². The van der Waals surface area contributed by atoms with Gasteiger partial charge in [0.05, 0.1) is 11.1 Å². The van der Waals surface area contributed by atoms with Crippen molar-refractivity contribution < 1.29 is 4.79 Å². The van der Waals surface area contributed by atoms with Crippen molar-refractivity contribution in [2.24, 2.45) is 0 Å². The predicted octanol–water partition coefficient (Wildman–Crippen LogP) is 2.71. The summed E-state index contributed by atoms with van der Waals surface area (Å²) >= 11 is 0. The molecule has 0 bridgehead atoms. The van der Waals surface area contributed by atoms with Gasteiger partial charge in [-0.15, -0.1) is 0 Å². The highest BCUT2D eigenvalue weighted by atomic mass is 16.2. The van der Waals surface area contributed by atoms with Crippen LogP contribution in [0.3, 0.4) is 0 Å². The fourth-order valence-electron chi connectivity index (χ4n) is 3.90. The van der Waals surface area contributed by atoms with E-state index in [1.807, 2.05) is 64.1 Å². The summed E-state index contributed by atoms with van der Waals surface area (Å²) in [6.45, 7) is 5.58. The largest absolute Gasteiger partial charge is 0.337 e. The number of hydrogen-bond acceptors (Lipinski definition) is 4. The number of rotatable bonds is 5. The molecule has 3 heterocycles. The average molecular weight is 392 g/mol. The van der Waals surface area contributed by atoms with E-state index >= 15 is 0 Å². The van der Waals surface area contributed by atoms with Crippen molar-refractivity contribution in [1.82, 2.24) is 24.3 Å². The molecule has 1 saturated heterocycles. The smallest absolute Gasteiger partial charge is 0.258 e. The van der Waals surface area contributed by atoms with Crippen molar-refractivity contribution >= 4 is 11.4 Å². The van der Waals surface area contributed by atoms with Gasteiger partial charge in [0.2, 0.25) is 0 Å². The van der Waals surface area contributed by atoms with Crippen LogP contribution in [0.2, 0.25) is 0 Å². The number of benzene rings is 1. The normalized spacial score (nSPS) is 15.8. The first-order valence-electron chi connectivity index (χ1n) is 10.3. The Labute approximate surface area is 172 Å². The van der Waals surface area contributed by atoms with E-state index in [0.717, 1.165) is 62.5 Å². The lowest BCUT2D eigenvalue weighted by Gasteiger charge is -2.23. The molecular weight excluding hydrogens is 362 g/mol. The zero-order valence-electron chi connectivity index (χ0n) is 17.3. The summed E-state index contributed by atoms with van der Waals surface area (Å²) < 4.78 is 1.82. The number of hydrogen-bond donors (Lipinski definition) is 0. The molecular formula is C23H29N5O. The standard InChI is InChI=1S/C23H29N5O/c1-25(2)15-16-26-12-8-13-27(18-17-26)23(29)21-20-11-6-7-14-28(20)24-22(21)19-9-4-3-5-10-19/h3-7,9-11,14H,8,12-13,15-18H2,1-2H3. The third-order valence-electron chi connectivity index (χ3n) is 5.54. The summed E-state index contributed by atoms with van der Waals surface area (Å²) in [7, 11) is 4.20. The van der Waals surface area contributed by atoms with Crippen molar-refractivity contribution in [3.05, 3.63) is 60.3 Å². The number of fused-ring (bicyclic) bond motifs is 1. The SMILES string of the molecule is CN(C)CCN1CCCN(C(=O)c2c(-c3ccccc3)nn3ccccc23)CC1. The van der Waals surface area contributed by atoms with E-state index in [1.54, 1.807) is 0 Å². The molecule has 0 unspecified atom stereocenters. The van der Waals surface area contributed by atoms with Gasteiger partial charge in [0.15, 0.2) is 0 Å². The number of aromatic nitrogens is 2. The van der Waals surface area contributed by atoms with Gasteiger partial charge in [0.1, 0.15) is 5.69 Å². The minimum Gasteiger partial charge on any atom is -0.337 e. The second-order valence-electron chi connectivity index (χ2n) is 7.91. The Bertz CT molecular complexity index is 966. The highest BCUT2D eigenvalue weighted by molar-refractivity contribution is 6.06. The van der Waals surface area contributed by atoms with Gasteiger partial charge in [-0.2, -0.15) is 5.10 Å². The monoisotopic (exact) mass is 391 g/mol. The Morgan fingerprint density at radius 3 is 2.59 bits per heavy atom. The number of carbonyl (C=O) groups is 1. The van der Waals surface area contributed by atoms with Gasteiger partial charge in [-0.25, -0.2) is 4.52 Å². The molecule has 1 aliphatic rings. The van der Waals surface area contributed by atoms with Crippen LogP contribution in [0.25, 0.3) is 16.8 Å². The minimum absolute atomic E-state index is 0.0829. The zero-order chi connectivity index (χ0) is 20.2. The van der Waals surface area contributed by atoms with Gasteiger partial charge in [-0.05, 0) is 39.2 Å². The van der Waals surface area contributed by atoms with Gasteiger partial charge in [-0.3, -0.25) is 4.79 Å². The Hall–Kier alpha value is -2.70. The number of carbonyl (C=O) groups excluding carboxylic acids is 1. The summed E-state index contributed by atoms with van der Waals surface area (Å²) in [6.07, 6.45) is 2.91. The van der Waals surface area contributed by atoms with Crippen LogP contribution in [0, 0.1) is 0 Å². The van der Waals surface area contributed by atoms with Crippen LogP contribution >= 0.6 is 0 Å². The molecule has 0 radical (unpaired) electrons. The molecule has 2 aromatic heterocycles. The lowest BCUT2D eigenvalue weighted by molar-refractivity contribution is 0.0763. The molecule has 6 nitrogen and oxygen atoms in total. The highest BCUT2D eigenvalue weighted by Gasteiger charge is 2.26. The first kappa shape index (κ1) is 19.6. The van der Waals surface area contributed by atoms with Gasteiger partial charge in [0.25, 0.3) is 5.91 Å². The number of nitrogens with zero attached hydrogens (tertiary/aromatic N) is 5. The molecule has 152 valence electrons. The van der Waals surface area contributed by atoms with Crippen molar-refractivity contribution in [3.63, 3.8) is 0 Å². The van der Waals surface area contributed by atoms with Gasteiger partial charge < -0.3 is 14.7 Å². The molecule has 1 fully saturated rings. The Morgan fingerprint density at radius 1 is 1.00 bits per heavy atom. The summed E-state index contributed by atoms with van der Waals surface area (Å²) in [5.74, 6) is 0.0829. The summed E-state index contributed by atoms with van der Waals surface area (Å²) in [6, 6.07) is 15.9. The van der Waals surface area contributed by atoms with Crippen LogP contribution in [-0.4, -0.2) is 83.6 Å². The Morgan fingerprint density at radius 2 is 1.79 bits per heavy atom. The number of pyridine rings is 1. The van der Waals surface area contributed by atoms with Gasteiger partial charge in [0, 0.05) is 44.5 Å². The molecule has 1 amide bonds. The lowest BCUT2D eigenvalue weighted by Crippen LogP contribution is -2.37. The van der Waals surface area contributed by atoms with Crippen molar-refractivity contribution in [1.29, 1.82) is 0 Å². The summed E-state index contributed by atoms with van der Waals surface area (Å²) in [5, 5.41) is 4.74. The molecule has 1 aromatic carbocycles. The maximum atomic E-state index is 13.6. The lowest BCUT2D eigenvalue weighted by atomic mass is 10.1. The zero-order valence-corrected chi connectivity index (χ0v) is 17.3. The van der Waals surface area contributed by atoms with E-state index in [4.69, 9.17) is 5.10 Å². The first-order chi connectivity index (χ1) is 14.1. The molecule has 4 rings (SSSR count). The fraction of sp³-hybridized carbons (Fsp3) is 0.391. The molecule has 6 heteroatoms. The Kier molecular flexibility index (Phi) is 5.92. The third kappa shape index (κ3) is 4.33. The quantitative estimate of drug-likeness (QED) is 0.671. The molecule has 1 aliphatic heterocycles. The first-order valence-corrected chi connectivity index (χ1v) is 10.3. The molecule has 0 saturated carbocycles. The van der Waals surface area contributed by atoms with E-state index in [0.29, 0.717) is 5.56 Å². The Balaban J connectivity index is 1.62. The van der Waals surface area contributed by atoms with E-state index in [-0.39, 0.29) is 5.91 Å². The summed E-state index contributed by atoms with van der Waals surface area (Å²) in [4.78, 5) is 20.3. The highest BCUT2D eigenvalue weighted by Crippen LogP contribution is 2.27. The average Bonchev–Trinajstić information content (AvgIpc) is 2.96. The molecule has 0 N–H and O–H groups in total.